The smallest absolute Gasteiger partial charge is 0.143 e. The highest BCUT2D eigenvalue weighted by atomic mass is 16.3. The van der Waals surface area contributed by atoms with Crippen LogP contribution < -0.4 is 4.90 Å². The topological polar surface area (TPSA) is 16.4 Å². The molecule has 0 aliphatic rings. The van der Waals surface area contributed by atoms with E-state index in [2.05, 4.69) is 217 Å². The molecule has 0 N–H and O–H groups in total. The zero-order valence-corrected chi connectivity index (χ0v) is 30.6. The van der Waals surface area contributed by atoms with Gasteiger partial charge in [0.15, 0.2) is 0 Å². The molecule has 0 aliphatic carbocycles. The van der Waals surface area contributed by atoms with Gasteiger partial charge >= 0.3 is 0 Å². The molecule has 1 heterocycles. The second-order valence-corrected chi connectivity index (χ2v) is 14.5. The summed E-state index contributed by atoms with van der Waals surface area (Å²) in [5.74, 6) is 0. The van der Waals surface area contributed by atoms with E-state index in [1.54, 1.807) is 0 Å². The number of anilines is 3. The molecular weight excluding hydrogens is 679 g/mol. The van der Waals surface area contributed by atoms with Crippen molar-refractivity contribution in [1.82, 2.24) is 0 Å². The lowest BCUT2D eigenvalue weighted by molar-refractivity contribution is 0.672. The van der Waals surface area contributed by atoms with E-state index in [1.807, 2.05) is 0 Å². The Morgan fingerprint density at radius 2 is 0.875 bits per heavy atom. The zero-order valence-electron chi connectivity index (χ0n) is 30.6. The summed E-state index contributed by atoms with van der Waals surface area (Å²) in [6.07, 6.45) is 0. The summed E-state index contributed by atoms with van der Waals surface area (Å²) < 4.78 is 6.42. The predicted octanol–water partition coefficient (Wildman–Crippen LogP) is 15.5. The van der Waals surface area contributed by atoms with Crippen LogP contribution in [0.3, 0.4) is 0 Å². The lowest BCUT2D eigenvalue weighted by Gasteiger charge is -2.26. The molecule has 0 bridgehead atoms. The van der Waals surface area contributed by atoms with Crippen molar-refractivity contribution in [3.8, 4) is 33.4 Å². The highest BCUT2D eigenvalue weighted by Gasteiger charge is 2.17. The number of furan rings is 1. The Morgan fingerprint density at radius 1 is 0.286 bits per heavy atom. The first-order valence-electron chi connectivity index (χ1n) is 19.2. The lowest BCUT2D eigenvalue weighted by Crippen LogP contribution is -2.10. The summed E-state index contributed by atoms with van der Waals surface area (Å²) in [6, 6.07) is 76.5. The van der Waals surface area contributed by atoms with Gasteiger partial charge in [0.05, 0.1) is 0 Å². The first-order valence-corrected chi connectivity index (χ1v) is 19.2. The fourth-order valence-corrected chi connectivity index (χ4v) is 8.47. The van der Waals surface area contributed by atoms with Crippen LogP contribution >= 0.6 is 0 Å². The Hall–Kier alpha value is -7.42. The lowest BCUT2D eigenvalue weighted by atomic mass is 9.93. The minimum Gasteiger partial charge on any atom is -0.455 e. The van der Waals surface area contributed by atoms with Crippen molar-refractivity contribution < 1.29 is 4.42 Å². The summed E-state index contributed by atoms with van der Waals surface area (Å²) in [6.45, 7) is 0. The maximum Gasteiger partial charge on any atom is 0.143 e. The van der Waals surface area contributed by atoms with E-state index in [1.165, 1.54) is 49.2 Å². The van der Waals surface area contributed by atoms with Crippen molar-refractivity contribution in [3.05, 3.63) is 212 Å². The second kappa shape index (κ2) is 13.2. The Balaban J connectivity index is 1.00. The molecule has 1 aromatic heterocycles. The van der Waals surface area contributed by atoms with E-state index in [0.717, 1.165) is 55.5 Å². The Labute approximate surface area is 325 Å². The molecule has 0 fully saturated rings. The highest BCUT2D eigenvalue weighted by molar-refractivity contribution is 6.16. The Bertz CT molecular complexity index is 3230. The van der Waals surface area contributed by atoms with Crippen molar-refractivity contribution in [2.75, 3.05) is 4.90 Å². The monoisotopic (exact) mass is 713 g/mol. The fourth-order valence-electron chi connectivity index (χ4n) is 8.47. The number of nitrogens with zero attached hydrogens (tertiary/aromatic N) is 1. The van der Waals surface area contributed by atoms with E-state index >= 15 is 0 Å². The average molecular weight is 714 g/mol. The van der Waals surface area contributed by atoms with Crippen LogP contribution in [0.4, 0.5) is 17.1 Å². The largest absolute Gasteiger partial charge is 0.455 e. The molecule has 0 aliphatic heterocycles. The van der Waals surface area contributed by atoms with Crippen molar-refractivity contribution in [3.63, 3.8) is 0 Å². The summed E-state index contributed by atoms with van der Waals surface area (Å²) in [7, 11) is 0. The predicted molar refractivity (Wildman–Crippen MR) is 237 cm³/mol. The van der Waals surface area contributed by atoms with Gasteiger partial charge in [-0.2, -0.15) is 0 Å². The van der Waals surface area contributed by atoms with E-state index in [-0.39, 0.29) is 0 Å². The van der Waals surface area contributed by atoms with E-state index in [0.29, 0.717) is 0 Å². The molecule has 262 valence electrons. The summed E-state index contributed by atoms with van der Waals surface area (Å²) in [5.41, 5.74) is 12.2. The number of fused-ring (bicyclic) bond motifs is 8. The third-order valence-electron chi connectivity index (χ3n) is 11.2. The van der Waals surface area contributed by atoms with Gasteiger partial charge in [0.1, 0.15) is 11.2 Å². The van der Waals surface area contributed by atoms with Gasteiger partial charge in [-0.05, 0) is 121 Å². The molecule has 0 radical (unpaired) electrons. The van der Waals surface area contributed by atoms with Gasteiger partial charge in [-0.1, -0.05) is 152 Å². The number of benzene rings is 10. The molecule has 0 unspecified atom stereocenters. The molecule has 2 nitrogen and oxygen atoms in total. The minimum absolute atomic E-state index is 0.904. The zero-order chi connectivity index (χ0) is 37.0. The number of hydrogen-bond acceptors (Lipinski definition) is 2. The molecule has 0 amide bonds. The summed E-state index contributed by atoms with van der Waals surface area (Å²) in [4.78, 5) is 2.36. The third-order valence-corrected chi connectivity index (χ3v) is 11.2. The van der Waals surface area contributed by atoms with Gasteiger partial charge in [-0.25, -0.2) is 0 Å². The van der Waals surface area contributed by atoms with Crippen LogP contribution in [0.2, 0.25) is 0 Å². The van der Waals surface area contributed by atoms with E-state index in [9.17, 15) is 0 Å². The van der Waals surface area contributed by atoms with Crippen LogP contribution in [-0.2, 0) is 0 Å². The summed E-state index contributed by atoms with van der Waals surface area (Å²) in [5, 5.41) is 9.66. The van der Waals surface area contributed by atoms with Gasteiger partial charge in [0.2, 0.25) is 0 Å². The van der Waals surface area contributed by atoms with E-state index in [4.69, 9.17) is 4.42 Å². The first kappa shape index (κ1) is 32.0. The molecule has 0 saturated heterocycles. The van der Waals surface area contributed by atoms with Crippen LogP contribution in [0, 0.1) is 0 Å². The standard InChI is InChI=1S/C54H35NO/c1-2-11-36(12-3-1)40-15-10-16-45(33-40)55(44-29-23-39(24-30-44)51-35-42-14-5-6-17-46(42)48-19-8-9-20-49(48)51)43-27-21-37(22-28-43)41-26-32-53-52(34-41)50-31-25-38-13-4-7-18-47(38)54(50)56-53/h1-35H. The SMILES string of the molecule is c1ccc(-c2cccc(N(c3ccc(-c4ccc5oc6c7ccccc7ccc6c5c4)cc3)c3ccc(-c4cc5ccccc5c5ccccc45)cc3)c2)cc1. The van der Waals surface area contributed by atoms with Gasteiger partial charge in [0.25, 0.3) is 0 Å². The van der Waals surface area contributed by atoms with Gasteiger partial charge in [0, 0.05) is 33.2 Å². The summed E-state index contributed by atoms with van der Waals surface area (Å²) >= 11 is 0. The molecular formula is C54H35NO. The van der Waals surface area contributed by atoms with Crippen molar-refractivity contribution in [1.29, 1.82) is 0 Å². The van der Waals surface area contributed by atoms with Crippen molar-refractivity contribution in [2.45, 2.75) is 0 Å². The van der Waals surface area contributed by atoms with Gasteiger partial charge in [-0.3, -0.25) is 0 Å². The quantitative estimate of drug-likeness (QED) is 0.160. The number of rotatable bonds is 6. The molecule has 10 aromatic carbocycles. The second-order valence-electron chi connectivity index (χ2n) is 14.5. The minimum atomic E-state index is 0.904. The van der Waals surface area contributed by atoms with Crippen LogP contribution in [0.25, 0.3) is 87.6 Å². The van der Waals surface area contributed by atoms with Gasteiger partial charge in [-0.15, -0.1) is 0 Å². The maximum atomic E-state index is 6.42. The van der Waals surface area contributed by atoms with Crippen LogP contribution in [0.15, 0.2) is 217 Å². The highest BCUT2D eigenvalue weighted by Crippen LogP contribution is 2.41. The van der Waals surface area contributed by atoms with Crippen molar-refractivity contribution in [2.24, 2.45) is 0 Å². The average Bonchev–Trinajstić information content (AvgIpc) is 3.66. The van der Waals surface area contributed by atoms with Crippen LogP contribution in [0.1, 0.15) is 0 Å². The molecule has 56 heavy (non-hydrogen) atoms. The van der Waals surface area contributed by atoms with E-state index < -0.39 is 0 Å². The van der Waals surface area contributed by atoms with Crippen molar-refractivity contribution >= 4 is 71.3 Å². The third kappa shape index (κ3) is 5.42. The molecule has 0 spiro atoms. The first-order chi connectivity index (χ1) is 27.7. The molecule has 2 heteroatoms. The normalized spacial score (nSPS) is 11.6. The molecule has 0 saturated carbocycles. The molecule has 11 rings (SSSR count). The molecule has 0 atom stereocenters. The fraction of sp³-hybridized carbons (Fsp3) is 0. The van der Waals surface area contributed by atoms with Gasteiger partial charge < -0.3 is 9.32 Å². The molecule has 11 aromatic rings. The Kier molecular flexibility index (Phi) is 7.53. The maximum absolute atomic E-state index is 6.42. The van der Waals surface area contributed by atoms with Crippen LogP contribution in [-0.4, -0.2) is 0 Å². The van der Waals surface area contributed by atoms with Crippen LogP contribution in [0.5, 0.6) is 0 Å². The number of hydrogen-bond donors (Lipinski definition) is 0. The Morgan fingerprint density at radius 3 is 1.66 bits per heavy atom.